The molecule has 0 aromatic heterocycles. The van der Waals surface area contributed by atoms with Crippen LogP contribution in [-0.4, -0.2) is 23.4 Å². The van der Waals surface area contributed by atoms with E-state index in [1.54, 1.807) is 0 Å². The summed E-state index contributed by atoms with van der Waals surface area (Å²) in [4.78, 5) is 0. The standard InChI is InChI=1S/C30H54O2/c1-26(2,3)23-18-24(29(8,9)21-27(4,5)14-12-16-31)20-25(19-23)30(10,11)22-28(6,7)15-13-17-32/h18-20,31-32H,12-17,21-22H2,1-11H3. The summed E-state index contributed by atoms with van der Waals surface area (Å²) in [5, 5.41) is 18.7. The van der Waals surface area contributed by atoms with Crippen LogP contribution in [0.1, 0.15) is 131 Å². The summed E-state index contributed by atoms with van der Waals surface area (Å²) in [5.41, 5.74) is 4.84. The van der Waals surface area contributed by atoms with Gasteiger partial charge in [0.1, 0.15) is 0 Å². The van der Waals surface area contributed by atoms with Crippen LogP contribution in [0.15, 0.2) is 18.2 Å². The Morgan fingerprint density at radius 1 is 0.531 bits per heavy atom. The van der Waals surface area contributed by atoms with Gasteiger partial charge in [-0.3, -0.25) is 0 Å². The second kappa shape index (κ2) is 10.6. The lowest BCUT2D eigenvalue weighted by atomic mass is 9.65. The van der Waals surface area contributed by atoms with Gasteiger partial charge in [0.2, 0.25) is 0 Å². The van der Waals surface area contributed by atoms with Crippen molar-refractivity contribution in [2.75, 3.05) is 13.2 Å². The van der Waals surface area contributed by atoms with Gasteiger partial charge in [0.15, 0.2) is 0 Å². The second-order valence-electron chi connectivity index (χ2n) is 14.2. The number of aliphatic hydroxyl groups excluding tert-OH is 2. The molecular weight excluding hydrogens is 392 g/mol. The van der Waals surface area contributed by atoms with Crippen LogP contribution >= 0.6 is 0 Å². The maximum atomic E-state index is 9.33. The summed E-state index contributed by atoms with van der Waals surface area (Å²) in [6, 6.07) is 7.36. The number of rotatable bonds is 12. The highest BCUT2D eigenvalue weighted by Gasteiger charge is 2.34. The van der Waals surface area contributed by atoms with Crippen LogP contribution < -0.4 is 0 Å². The van der Waals surface area contributed by atoms with Gasteiger partial charge in [0, 0.05) is 13.2 Å². The number of hydrogen-bond donors (Lipinski definition) is 2. The molecule has 2 heteroatoms. The Bertz CT molecular complexity index is 665. The summed E-state index contributed by atoms with van der Waals surface area (Å²) >= 11 is 0. The predicted molar refractivity (Wildman–Crippen MR) is 141 cm³/mol. The fourth-order valence-electron chi connectivity index (χ4n) is 5.73. The maximum absolute atomic E-state index is 9.33. The SMILES string of the molecule is CC(C)(CCCO)CC(C)(C)c1cc(C(C)(C)C)cc(C(C)(C)CC(C)(C)CCCO)c1. The van der Waals surface area contributed by atoms with E-state index in [2.05, 4.69) is 94.4 Å². The van der Waals surface area contributed by atoms with E-state index in [-0.39, 0.29) is 40.3 Å². The van der Waals surface area contributed by atoms with E-state index >= 15 is 0 Å². The molecule has 0 atom stereocenters. The molecule has 32 heavy (non-hydrogen) atoms. The van der Waals surface area contributed by atoms with Crippen LogP contribution in [-0.2, 0) is 16.2 Å². The van der Waals surface area contributed by atoms with Crippen LogP contribution in [0.2, 0.25) is 0 Å². The van der Waals surface area contributed by atoms with Gasteiger partial charge in [-0.25, -0.2) is 0 Å². The first-order chi connectivity index (χ1) is 14.4. The molecule has 2 nitrogen and oxygen atoms in total. The van der Waals surface area contributed by atoms with Crippen LogP contribution in [0.4, 0.5) is 0 Å². The van der Waals surface area contributed by atoms with E-state index in [1.165, 1.54) is 16.7 Å². The summed E-state index contributed by atoms with van der Waals surface area (Å²) in [6.45, 7) is 26.4. The molecule has 0 fully saturated rings. The van der Waals surface area contributed by atoms with Gasteiger partial charge in [0.25, 0.3) is 0 Å². The third-order valence-electron chi connectivity index (χ3n) is 7.23. The molecule has 0 saturated heterocycles. The van der Waals surface area contributed by atoms with Crippen LogP contribution in [0, 0.1) is 10.8 Å². The van der Waals surface area contributed by atoms with E-state index in [9.17, 15) is 10.2 Å². The smallest absolute Gasteiger partial charge is 0.0431 e. The van der Waals surface area contributed by atoms with E-state index in [4.69, 9.17) is 0 Å². The first kappa shape index (κ1) is 29.2. The first-order valence-electron chi connectivity index (χ1n) is 12.7. The quantitative estimate of drug-likeness (QED) is 0.342. The van der Waals surface area contributed by atoms with Gasteiger partial charge in [-0.05, 0) is 82.3 Å². The van der Waals surface area contributed by atoms with Gasteiger partial charge in [-0.2, -0.15) is 0 Å². The molecule has 1 rings (SSSR count). The Balaban J connectivity index is 3.43. The maximum Gasteiger partial charge on any atom is 0.0431 e. The lowest BCUT2D eigenvalue weighted by Crippen LogP contribution is -2.30. The molecule has 0 saturated carbocycles. The van der Waals surface area contributed by atoms with Gasteiger partial charge < -0.3 is 10.2 Å². The number of hydrogen-bond acceptors (Lipinski definition) is 2. The molecule has 1 aromatic rings. The molecule has 0 heterocycles. The van der Waals surface area contributed by atoms with Crippen molar-refractivity contribution in [1.29, 1.82) is 0 Å². The zero-order valence-electron chi connectivity index (χ0n) is 23.3. The van der Waals surface area contributed by atoms with Crippen molar-refractivity contribution < 1.29 is 10.2 Å². The molecule has 186 valence electrons. The van der Waals surface area contributed by atoms with Gasteiger partial charge in [-0.1, -0.05) is 94.4 Å². The van der Waals surface area contributed by atoms with Gasteiger partial charge >= 0.3 is 0 Å². The number of aliphatic hydroxyl groups is 2. The molecule has 0 aliphatic heterocycles. The zero-order valence-corrected chi connectivity index (χ0v) is 23.3. The van der Waals surface area contributed by atoms with Crippen LogP contribution in [0.5, 0.6) is 0 Å². The third kappa shape index (κ3) is 8.82. The highest BCUT2D eigenvalue weighted by atomic mass is 16.3. The minimum absolute atomic E-state index is 0.0530. The van der Waals surface area contributed by atoms with E-state index in [0.29, 0.717) is 0 Å². The molecule has 0 aliphatic rings. The molecule has 0 radical (unpaired) electrons. The molecule has 0 unspecified atom stereocenters. The molecule has 2 N–H and O–H groups in total. The fraction of sp³-hybridized carbons (Fsp3) is 0.800. The van der Waals surface area contributed by atoms with Crippen molar-refractivity contribution in [2.24, 2.45) is 10.8 Å². The minimum Gasteiger partial charge on any atom is -0.396 e. The van der Waals surface area contributed by atoms with E-state index in [0.717, 1.165) is 38.5 Å². The largest absolute Gasteiger partial charge is 0.396 e. The number of benzene rings is 1. The van der Waals surface area contributed by atoms with Crippen molar-refractivity contribution in [3.8, 4) is 0 Å². The third-order valence-corrected chi connectivity index (χ3v) is 7.23. The Kier molecular flexibility index (Phi) is 9.66. The van der Waals surface area contributed by atoms with Crippen molar-refractivity contribution in [2.45, 2.75) is 131 Å². The van der Waals surface area contributed by atoms with E-state index in [1.807, 2.05) is 0 Å². The lowest BCUT2D eigenvalue weighted by molar-refractivity contribution is 0.199. The van der Waals surface area contributed by atoms with Gasteiger partial charge in [-0.15, -0.1) is 0 Å². The molecule has 1 aromatic carbocycles. The molecule has 0 amide bonds. The normalized spacial score (nSPS) is 14.2. The lowest BCUT2D eigenvalue weighted by Gasteiger charge is -2.39. The van der Waals surface area contributed by atoms with Crippen molar-refractivity contribution >= 4 is 0 Å². The van der Waals surface area contributed by atoms with Crippen LogP contribution in [0.3, 0.4) is 0 Å². The summed E-state index contributed by atoms with van der Waals surface area (Å²) in [7, 11) is 0. The Morgan fingerprint density at radius 2 is 0.844 bits per heavy atom. The highest BCUT2D eigenvalue weighted by molar-refractivity contribution is 5.40. The van der Waals surface area contributed by atoms with Gasteiger partial charge in [0.05, 0.1) is 0 Å². The predicted octanol–water partition coefficient (Wildman–Crippen LogP) is 7.92. The molecule has 0 aliphatic carbocycles. The average molecular weight is 447 g/mol. The Morgan fingerprint density at radius 3 is 1.12 bits per heavy atom. The second-order valence-corrected chi connectivity index (χ2v) is 14.2. The van der Waals surface area contributed by atoms with Crippen LogP contribution in [0.25, 0.3) is 0 Å². The van der Waals surface area contributed by atoms with Crippen molar-refractivity contribution in [1.82, 2.24) is 0 Å². The molecule has 0 spiro atoms. The fourth-order valence-corrected chi connectivity index (χ4v) is 5.73. The molecule has 0 bridgehead atoms. The van der Waals surface area contributed by atoms with E-state index < -0.39 is 0 Å². The van der Waals surface area contributed by atoms with Crippen molar-refractivity contribution in [3.05, 3.63) is 34.9 Å². The Hall–Kier alpha value is -0.860. The monoisotopic (exact) mass is 446 g/mol. The summed E-state index contributed by atoms with van der Waals surface area (Å²) in [5.74, 6) is 0. The zero-order chi connectivity index (χ0) is 25.0. The highest BCUT2D eigenvalue weighted by Crippen LogP contribution is 2.44. The minimum atomic E-state index is 0.0530. The summed E-state index contributed by atoms with van der Waals surface area (Å²) < 4.78 is 0. The molecular formula is C30H54O2. The first-order valence-corrected chi connectivity index (χ1v) is 12.7. The average Bonchev–Trinajstić information content (AvgIpc) is 2.62. The Labute approximate surface area is 200 Å². The topological polar surface area (TPSA) is 40.5 Å². The summed E-state index contributed by atoms with van der Waals surface area (Å²) in [6.07, 6.45) is 6.01. The van der Waals surface area contributed by atoms with Crippen molar-refractivity contribution in [3.63, 3.8) is 0 Å².